The van der Waals surface area contributed by atoms with Crippen molar-refractivity contribution in [2.24, 2.45) is 0 Å². The van der Waals surface area contributed by atoms with Gasteiger partial charge >= 0.3 is 0 Å². The predicted octanol–water partition coefficient (Wildman–Crippen LogP) is 2.95. The number of rotatable bonds is 6. The predicted molar refractivity (Wildman–Crippen MR) is 90.9 cm³/mol. The fourth-order valence-corrected chi connectivity index (χ4v) is 3.90. The van der Waals surface area contributed by atoms with Gasteiger partial charge in [0, 0.05) is 6.20 Å². The van der Waals surface area contributed by atoms with Crippen LogP contribution in [0.1, 0.15) is 5.69 Å². The van der Waals surface area contributed by atoms with Crippen molar-refractivity contribution in [2.45, 2.75) is 10.8 Å². The normalized spacial score (nSPS) is 11.1. The Balaban J connectivity index is 1.63. The van der Waals surface area contributed by atoms with Crippen molar-refractivity contribution in [1.29, 1.82) is 0 Å². The number of nitrogens with zero attached hydrogens (tertiary/aromatic N) is 2. The van der Waals surface area contributed by atoms with Gasteiger partial charge in [0.1, 0.15) is 10.0 Å². The summed E-state index contributed by atoms with van der Waals surface area (Å²) in [6.45, 7) is 0.550. The Morgan fingerprint density at radius 1 is 1.04 bits per heavy atom. The highest BCUT2D eigenvalue weighted by Crippen LogP contribution is 2.20. The fourth-order valence-electron chi connectivity index (χ4n) is 1.86. The Hall–Kier alpha value is -2.45. The van der Waals surface area contributed by atoms with Gasteiger partial charge in [-0.2, -0.15) is 0 Å². The van der Waals surface area contributed by atoms with E-state index in [1.165, 1.54) is 17.5 Å². The molecule has 8 heteroatoms. The fraction of sp³-hybridized carbons (Fsp3) is 0.0667. The molecule has 0 spiro atoms. The summed E-state index contributed by atoms with van der Waals surface area (Å²) in [6.07, 6.45) is 3.21. The summed E-state index contributed by atoms with van der Waals surface area (Å²) in [5, 5.41) is 4.85. The smallest absolute Gasteiger partial charge is 0.271 e. The molecule has 6 nitrogen and oxygen atoms in total. The number of pyridine rings is 2. The molecule has 0 saturated carbocycles. The molecular weight excluding hydrogens is 332 g/mol. The number of hydrogen-bond donors (Lipinski definition) is 2. The van der Waals surface area contributed by atoms with E-state index >= 15 is 0 Å². The van der Waals surface area contributed by atoms with Crippen molar-refractivity contribution in [1.82, 2.24) is 9.97 Å². The third-order valence-corrected chi connectivity index (χ3v) is 5.73. The van der Waals surface area contributed by atoms with Crippen LogP contribution in [0, 0.1) is 0 Å². The molecule has 23 heavy (non-hydrogen) atoms. The van der Waals surface area contributed by atoms with Gasteiger partial charge in [-0.15, -0.1) is 11.3 Å². The van der Waals surface area contributed by atoms with Crippen LogP contribution in [-0.4, -0.2) is 18.4 Å². The largest absolute Gasteiger partial charge is 0.364 e. The lowest BCUT2D eigenvalue weighted by atomic mass is 10.3. The number of hydrogen-bond acceptors (Lipinski definition) is 6. The number of thiophene rings is 1. The lowest BCUT2D eigenvalue weighted by molar-refractivity contribution is 0.603. The van der Waals surface area contributed by atoms with Crippen LogP contribution in [0.2, 0.25) is 0 Å². The van der Waals surface area contributed by atoms with Crippen LogP contribution in [0.25, 0.3) is 0 Å². The van der Waals surface area contributed by atoms with Gasteiger partial charge in [0.25, 0.3) is 10.0 Å². The van der Waals surface area contributed by atoms with E-state index in [1.54, 1.807) is 35.8 Å². The average Bonchev–Trinajstić information content (AvgIpc) is 3.10. The van der Waals surface area contributed by atoms with Gasteiger partial charge in [-0.3, -0.25) is 9.71 Å². The number of anilines is 2. The van der Waals surface area contributed by atoms with Crippen molar-refractivity contribution >= 4 is 32.9 Å². The van der Waals surface area contributed by atoms with Gasteiger partial charge < -0.3 is 5.32 Å². The first-order chi connectivity index (χ1) is 11.1. The van der Waals surface area contributed by atoms with E-state index in [0.29, 0.717) is 18.1 Å². The van der Waals surface area contributed by atoms with Crippen molar-refractivity contribution in [3.8, 4) is 0 Å². The minimum atomic E-state index is -3.54. The zero-order valence-electron chi connectivity index (χ0n) is 12.0. The molecule has 3 heterocycles. The van der Waals surface area contributed by atoms with Gasteiger partial charge in [-0.1, -0.05) is 12.1 Å². The summed E-state index contributed by atoms with van der Waals surface area (Å²) in [4.78, 5) is 8.40. The first-order valence-electron chi connectivity index (χ1n) is 6.80. The minimum Gasteiger partial charge on any atom is -0.364 e. The monoisotopic (exact) mass is 346 g/mol. The second-order valence-corrected chi connectivity index (χ2v) is 7.50. The van der Waals surface area contributed by atoms with Crippen molar-refractivity contribution in [3.63, 3.8) is 0 Å². The summed E-state index contributed by atoms with van der Waals surface area (Å²) >= 11 is 1.17. The van der Waals surface area contributed by atoms with Crippen molar-refractivity contribution in [2.75, 3.05) is 10.0 Å². The minimum absolute atomic E-state index is 0.273. The molecular formula is C15H14N4O2S2. The summed E-state index contributed by atoms with van der Waals surface area (Å²) in [5.74, 6) is 0.648. The van der Waals surface area contributed by atoms with Crippen LogP contribution in [-0.2, 0) is 16.6 Å². The van der Waals surface area contributed by atoms with E-state index in [9.17, 15) is 8.42 Å². The molecule has 0 aliphatic heterocycles. The van der Waals surface area contributed by atoms with E-state index in [1.807, 2.05) is 18.2 Å². The highest BCUT2D eigenvalue weighted by atomic mass is 32.2. The molecule has 0 amide bonds. The Bertz CT molecular complexity index is 848. The topological polar surface area (TPSA) is 84.0 Å². The van der Waals surface area contributed by atoms with Crippen molar-refractivity contribution in [3.05, 3.63) is 65.9 Å². The second kappa shape index (κ2) is 6.76. The third kappa shape index (κ3) is 4.05. The molecule has 0 radical (unpaired) electrons. The Labute approximate surface area is 138 Å². The van der Waals surface area contributed by atoms with Crippen LogP contribution in [0.3, 0.4) is 0 Å². The highest BCUT2D eigenvalue weighted by Gasteiger charge is 2.15. The highest BCUT2D eigenvalue weighted by molar-refractivity contribution is 7.94. The molecule has 0 bridgehead atoms. The summed E-state index contributed by atoms with van der Waals surface area (Å²) < 4.78 is 27.0. The summed E-state index contributed by atoms with van der Waals surface area (Å²) in [7, 11) is -3.54. The van der Waals surface area contributed by atoms with Crippen LogP contribution in [0.4, 0.5) is 11.5 Å². The molecule has 0 aliphatic carbocycles. The van der Waals surface area contributed by atoms with Gasteiger partial charge in [0.2, 0.25) is 0 Å². The van der Waals surface area contributed by atoms with Gasteiger partial charge in [-0.25, -0.2) is 13.4 Å². The molecule has 0 atom stereocenters. The van der Waals surface area contributed by atoms with Crippen molar-refractivity contribution < 1.29 is 8.42 Å². The lowest BCUT2D eigenvalue weighted by Crippen LogP contribution is -2.11. The molecule has 0 unspecified atom stereocenters. The Morgan fingerprint density at radius 3 is 2.61 bits per heavy atom. The standard InChI is InChI=1S/C15H14N4O2S2/c20-23(21,15-5-3-9-22-15)19-13-6-7-14(18-11-13)17-10-12-4-1-2-8-16-12/h1-9,11,19H,10H2,(H,17,18). The number of sulfonamides is 1. The summed E-state index contributed by atoms with van der Waals surface area (Å²) in [5.41, 5.74) is 1.32. The molecule has 3 aromatic rings. The molecule has 2 N–H and O–H groups in total. The van der Waals surface area contributed by atoms with E-state index < -0.39 is 10.0 Å². The lowest BCUT2D eigenvalue weighted by Gasteiger charge is -2.08. The van der Waals surface area contributed by atoms with E-state index in [0.717, 1.165) is 5.69 Å². The molecule has 0 fully saturated rings. The molecule has 0 saturated heterocycles. The maximum Gasteiger partial charge on any atom is 0.271 e. The average molecular weight is 346 g/mol. The summed E-state index contributed by atoms with van der Waals surface area (Å²) in [6, 6.07) is 12.3. The maximum absolute atomic E-state index is 12.1. The molecule has 0 aromatic carbocycles. The second-order valence-electron chi connectivity index (χ2n) is 4.64. The van der Waals surface area contributed by atoms with Crippen LogP contribution in [0.15, 0.2) is 64.4 Å². The molecule has 0 aliphatic rings. The Morgan fingerprint density at radius 2 is 1.96 bits per heavy atom. The van der Waals surface area contributed by atoms with Crippen LogP contribution < -0.4 is 10.0 Å². The molecule has 118 valence electrons. The van der Waals surface area contributed by atoms with E-state index in [4.69, 9.17) is 0 Å². The van der Waals surface area contributed by atoms with E-state index in [2.05, 4.69) is 20.0 Å². The first kappa shape index (κ1) is 15.4. The van der Waals surface area contributed by atoms with Gasteiger partial charge in [0.05, 0.1) is 24.1 Å². The van der Waals surface area contributed by atoms with Gasteiger partial charge in [0.15, 0.2) is 0 Å². The first-order valence-corrected chi connectivity index (χ1v) is 9.16. The number of nitrogens with one attached hydrogen (secondary N) is 2. The zero-order valence-corrected chi connectivity index (χ0v) is 13.6. The molecule has 3 aromatic heterocycles. The molecule has 3 rings (SSSR count). The quantitative estimate of drug-likeness (QED) is 0.717. The maximum atomic E-state index is 12.1. The van der Waals surface area contributed by atoms with Gasteiger partial charge in [-0.05, 0) is 35.7 Å². The zero-order chi connectivity index (χ0) is 16.1. The SMILES string of the molecule is O=S(=O)(Nc1ccc(NCc2ccccn2)nc1)c1cccs1. The third-order valence-electron chi connectivity index (χ3n) is 2.95. The van der Waals surface area contributed by atoms with Crippen LogP contribution >= 0.6 is 11.3 Å². The Kier molecular flexibility index (Phi) is 4.54. The number of aromatic nitrogens is 2. The van der Waals surface area contributed by atoms with Crippen LogP contribution in [0.5, 0.6) is 0 Å². The van der Waals surface area contributed by atoms with E-state index in [-0.39, 0.29) is 4.21 Å².